The molecule has 3 heterocycles. The highest BCUT2D eigenvalue weighted by molar-refractivity contribution is 6.29. The minimum absolute atomic E-state index is 0.199. The number of halogens is 1. The summed E-state index contributed by atoms with van der Waals surface area (Å²) >= 11 is 5.65. The van der Waals surface area contributed by atoms with Gasteiger partial charge >= 0.3 is 0 Å². The van der Waals surface area contributed by atoms with Gasteiger partial charge in [0.2, 0.25) is 0 Å². The van der Waals surface area contributed by atoms with Gasteiger partial charge in [-0.05, 0) is 12.1 Å². The van der Waals surface area contributed by atoms with Crippen LogP contribution in [0, 0.1) is 0 Å². The highest BCUT2D eigenvalue weighted by Crippen LogP contribution is 2.06. The Morgan fingerprint density at radius 2 is 2.29 bits per heavy atom. The van der Waals surface area contributed by atoms with Crippen LogP contribution in [0.25, 0.3) is 5.82 Å². The molecule has 0 saturated heterocycles. The first-order valence-electron chi connectivity index (χ1n) is 7.70. The molecule has 0 radical (unpaired) electrons. The van der Waals surface area contributed by atoms with Gasteiger partial charge in [-0.1, -0.05) is 11.6 Å². The van der Waals surface area contributed by atoms with Crippen LogP contribution in [-0.2, 0) is 0 Å². The van der Waals surface area contributed by atoms with Gasteiger partial charge in [-0.15, -0.1) is 0 Å². The minimum Gasteiger partial charge on any atom is -0.286 e. The summed E-state index contributed by atoms with van der Waals surface area (Å²) in [4.78, 5) is 7.53. The van der Waals surface area contributed by atoms with Gasteiger partial charge in [0.1, 0.15) is 11.5 Å². The number of nitrogens with one attached hydrogen (secondary N) is 1. The Balaban J connectivity index is 0.000000198. The van der Waals surface area contributed by atoms with Gasteiger partial charge in [-0.25, -0.2) is 14.6 Å². The van der Waals surface area contributed by atoms with Crippen molar-refractivity contribution in [2.45, 2.75) is 0 Å². The molecule has 3 aromatic heterocycles. The molecule has 0 spiro atoms. The van der Waals surface area contributed by atoms with Crippen molar-refractivity contribution in [1.82, 2.24) is 29.9 Å². The van der Waals surface area contributed by atoms with Crippen molar-refractivity contribution in [3.05, 3.63) is 54.3 Å². The minimum atomic E-state index is -0.347. The lowest BCUT2D eigenvalue weighted by atomic mass is 10.6. The average molecular weight is 256 g/mol. The van der Waals surface area contributed by atoms with Crippen LogP contribution in [0.5, 0.6) is 0 Å². The summed E-state index contributed by atoms with van der Waals surface area (Å²) in [6.07, 6.45) is 0.0888. The third kappa shape index (κ3) is 3.39. The van der Waals surface area contributed by atoms with Crippen molar-refractivity contribution >= 4 is 11.6 Å². The van der Waals surface area contributed by atoms with Crippen LogP contribution in [0.1, 0.15) is 8.22 Å². The number of aromatic nitrogens is 6. The van der Waals surface area contributed by atoms with Crippen LogP contribution >= 0.6 is 11.6 Å². The molecule has 17 heavy (non-hydrogen) atoms. The van der Waals surface area contributed by atoms with E-state index in [1.165, 1.54) is 12.4 Å². The van der Waals surface area contributed by atoms with Crippen LogP contribution in [0.4, 0.5) is 0 Å². The van der Waals surface area contributed by atoms with Crippen LogP contribution in [0.3, 0.4) is 0 Å². The Morgan fingerprint density at radius 3 is 2.82 bits per heavy atom. The molecular formula is C10H9ClN6. The van der Waals surface area contributed by atoms with Crippen molar-refractivity contribution in [1.29, 1.82) is 0 Å². The first kappa shape index (κ1) is 5.42. The van der Waals surface area contributed by atoms with Gasteiger partial charge < -0.3 is 0 Å². The zero-order valence-electron chi connectivity index (χ0n) is 15.2. The van der Waals surface area contributed by atoms with Crippen LogP contribution in [0.2, 0.25) is 6.56 Å². The third-order valence-corrected chi connectivity index (χ3v) is 1.67. The highest BCUT2D eigenvalue weighted by Gasteiger charge is 1.97. The second-order valence-corrected chi connectivity index (χ2v) is 2.90. The Bertz CT molecular complexity index is 856. The number of aromatic amines is 1. The van der Waals surface area contributed by atoms with Gasteiger partial charge in [-0.3, -0.25) is 5.09 Å². The predicted octanol–water partition coefficient (Wildman–Crippen LogP) is 1.73. The van der Waals surface area contributed by atoms with Crippen molar-refractivity contribution in [3.8, 4) is 5.82 Å². The predicted molar refractivity (Wildman–Crippen MR) is 62.8 cm³/mol. The molecule has 0 bridgehead atoms. The standard InChI is InChI=1S/C7H5ClN4.C3H4N2/c8-6-4-7(10-5-9-6)12-3-1-2-11-12;1-2-4-5-3-1/h1-5H;1-3H,(H,4,5)/i2*1D,2D,3D/hD. The van der Waals surface area contributed by atoms with E-state index in [-0.39, 0.29) is 47.7 Å². The molecule has 3 rings (SSSR count). The molecule has 0 saturated carbocycles. The molecule has 0 unspecified atom stereocenters. The van der Waals surface area contributed by atoms with E-state index >= 15 is 0 Å². The molecule has 0 aromatic carbocycles. The van der Waals surface area contributed by atoms with Crippen molar-refractivity contribution in [2.24, 2.45) is 0 Å². The first-order valence-corrected chi connectivity index (χ1v) is 4.63. The molecule has 86 valence electrons. The van der Waals surface area contributed by atoms with Crippen molar-refractivity contribution in [3.63, 3.8) is 0 Å². The first-order chi connectivity index (χ1) is 11.2. The van der Waals surface area contributed by atoms with Gasteiger partial charge in [-0.2, -0.15) is 10.2 Å². The molecule has 0 amide bonds. The topological polar surface area (TPSA) is 72.3 Å². The fourth-order valence-corrected chi connectivity index (χ4v) is 0.993. The van der Waals surface area contributed by atoms with Gasteiger partial charge in [0.15, 0.2) is 7.23 Å². The molecule has 0 aliphatic heterocycles. The lowest BCUT2D eigenvalue weighted by molar-refractivity contribution is 0.839. The fourth-order valence-electron chi connectivity index (χ4n) is 0.852. The maximum atomic E-state index is 7.51. The van der Waals surface area contributed by atoms with E-state index in [0.29, 0.717) is 5.09 Å². The third-order valence-electron chi connectivity index (χ3n) is 1.47. The molecule has 1 N–H and O–H groups in total. The average Bonchev–Trinajstić information content (AvgIpc) is 2.93. The summed E-state index contributed by atoms with van der Waals surface area (Å²) in [5, 5.41) is 7.53. The monoisotopic (exact) mass is 255 g/mol. The second kappa shape index (κ2) is 5.76. The van der Waals surface area contributed by atoms with E-state index in [0.717, 1.165) is 4.68 Å². The summed E-state index contributed by atoms with van der Waals surface area (Å²) < 4.78 is 50.5. The van der Waals surface area contributed by atoms with E-state index in [2.05, 4.69) is 20.2 Å². The Hall–Kier alpha value is -2.21. The molecule has 6 nitrogen and oxygen atoms in total. The SMILES string of the molecule is [2H]c1nn(-c2cc(Cl)ncn2)c([2H])c1[2H].[2H]c1nn([2H])c([2H])c1[2H]. The summed E-state index contributed by atoms with van der Waals surface area (Å²) in [5.74, 6) is 0.270. The molecule has 0 atom stereocenters. The molecule has 0 aliphatic carbocycles. The lowest BCUT2D eigenvalue weighted by Gasteiger charge is -1.97. The number of nitrogens with zero attached hydrogens (tertiary/aromatic N) is 5. The second-order valence-electron chi connectivity index (χ2n) is 2.51. The van der Waals surface area contributed by atoms with E-state index in [9.17, 15) is 0 Å². The summed E-state index contributed by atoms with van der Waals surface area (Å²) in [5.41, 5.74) is 0. The highest BCUT2D eigenvalue weighted by atomic mass is 35.5. The molecule has 7 heteroatoms. The molecule has 3 aromatic rings. The Labute approximate surface area is 112 Å². The zero-order chi connectivity index (χ0) is 18.0. The normalized spacial score (nSPS) is 15.2. The van der Waals surface area contributed by atoms with Gasteiger partial charge in [0.05, 0.1) is 8.22 Å². The zero-order valence-corrected chi connectivity index (χ0v) is 8.97. The van der Waals surface area contributed by atoms with Crippen molar-refractivity contribution in [2.75, 3.05) is 0 Å². The number of hydrogen-bond donors (Lipinski definition) is 1. The maximum Gasteiger partial charge on any atom is 0.189 e. The fraction of sp³-hybridized carbons (Fsp3) is 0. The smallest absolute Gasteiger partial charge is 0.189 e. The van der Waals surface area contributed by atoms with Crippen LogP contribution in [0.15, 0.2) is 49.2 Å². The lowest BCUT2D eigenvalue weighted by Crippen LogP contribution is -1.97. The Kier molecular flexibility index (Phi) is 1.83. The quantitative estimate of drug-likeness (QED) is 0.672. The number of hydrogen-bond acceptors (Lipinski definition) is 4. The Morgan fingerprint density at radius 1 is 1.35 bits per heavy atom. The van der Waals surface area contributed by atoms with E-state index < -0.39 is 0 Å². The number of H-pyrrole nitrogens is 1. The van der Waals surface area contributed by atoms with E-state index in [1.54, 1.807) is 0 Å². The van der Waals surface area contributed by atoms with E-state index in [4.69, 9.17) is 21.2 Å². The largest absolute Gasteiger partial charge is 0.286 e. The van der Waals surface area contributed by atoms with Crippen LogP contribution < -0.4 is 0 Å². The molecular weight excluding hydrogens is 240 g/mol. The summed E-state index contributed by atoms with van der Waals surface area (Å²) in [6, 6.07) is 0.862. The van der Waals surface area contributed by atoms with Crippen molar-refractivity contribution < 1.29 is 9.64 Å². The summed E-state index contributed by atoms with van der Waals surface area (Å²) in [7, 11) is 0. The van der Waals surface area contributed by atoms with Gasteiger partial charge in [0, 0.05) is 30.8 Å². The van der Waals surface area contributed by atoms with E-state index in [1.807, 2.05) is 0 Å². The molecule has 0 fully saturated rings. The number of rotatable bonds is 1. The van der Waals surface area contributed by atoms with Crippen LogP contribution in [-0.4, -0.2) is 29.9 Å². The van der Waals surface area contributed by atoms with Gasteiger partial charge in [0.25, 0.3) is 0 Å². The molecule has 0 aliphatic rings. The summed E-state index contributed by atoms with van der Waals surface area (Å²) in [6.45, 7) is 0. The maximum absolute atomic E-state index is 7.51.